The van der Waals surface area contributed by atoms with Crippen LogP contribution in [0.1, 0.15) is 19.4 Å². The monoisotopic (exact) mass is 311 g/mol. The Hall–Kier alpha value is -1.36. The summed E-state index contributed by atoms with van der Waals surface area (Å²) in [5.41, 5.74) is 6.67. The van der Waals surface area contributed by atoms with Crippen molar-refractivity contribution in [1.29, 1.82) is 0 Å². The fourth-order valence-corrected chi connectivity index (χ4v) is 2.63. The van der Waals surface area contributed by atoms with Gasteiger partial charge < -0.3 is 5.73 Å². The van der Waals surface area contributed by atoms with Gasteiger partial charge in [-0.15, -0.1) is 0 Å². The fourth-order valence-electron chi connectivity index (χ4n) is 1.78. The largest absolute Gasteiger partial charge is 0.384 e. The summed E-state index contributed by atoms with van der Waals surface area (Å²) < 4.78 is 16.3. The van der Waals surface area contributed by atoms with Crippen LogP contribution >= 0.6 is 15.9 Å². The summed E-state index contributed by atoms with van der Waals surface area (Å²) in [6.07, 6.45) is 0. The van der Waals surface area contributed by atoms with E-state index in [4.69, 9.17) is 5.73 Å². The number of nitrogens with zero attached hydrogens (tertiary/aromatic N) is 2. The number of aromatic nitrogens is 2. The molecule has 1 heterocycles. The minimum absolute atomic E-state index is 0.594. The number of hydrogen-bond donors (Lipinski definition) is 1. The number of nitrogen functional groups attached to an aromatic ring is 1. The van der Waals surface area contributed by atoms with E-state index >= 15 is 0 Å². The minimum atomic E-state index is -1.37. The first-order chi connectivity index (χ1) is 8.29. The van der Waals surface area contributed by atoms with E-state index in [9.17, 15) is 4.39 Å². The number of hydrogen-bond acceptors (Lipinski definition) is 2. The van der Waals surface area contributed by atoms with Crippen molar-refractivity contribution < 1.29 is 4.39 Å². The molecule has 1 aromatic carbocycles. The molecule has 0 spiro atoms. The molecule has 0 saturated heterocycles. The molecule has 18 heavy (non-hydrogen) atoms. The van der Waals surface area contributed by atoms with Gasteiger partial charge in [-0.1, -0.05) is 28.1 Å². The van der Waals surface area contributed by atoms with E-state index in [0.717, 1.165) is 15.7 Å². The van der Waals surface area contributed by atoms with Crippen LogP contribution in [0.2, 0.25) is 0 Å². The second kappa shape index (κ2) is 4.39. The van der Waals surface area contributed by atoms with Crippen LogP contribution < -0.4 is 5.73 Å². The van der Waals surface area contributed by atoms with E-state index < -0.39 is 5.67 Å². The highest BCUT2D eigenvalue weighted by molar-refractivity contribution is 9.10. The smallest absolute Gasteiger partial charge is 0.131 e. The van der Waals surface area contributed by atoms with Crippen LogP contribution in [0.4, 0.5) is 10.2 Å². The molecule has 0 unspecified atom stereocenters. The molecule has 2 rings (SSSR count). The summed E-state index contributed by atoms with van der Waals surface area (Å²) in [5, 5.41) is 4.29. The molecule has 0 aliphatic rings. The fraction of sp³-hybridized carbons (Fsp3) is 0.308. The molecule has 0 amide bonds. The number of nitrogens with two attached hydrogens (primary N) is 1. The molecule has 0 saturated carbocycles. The number of alkyl halides is 1. The van der Waals surface area contributed by atoms with E-state index in [2.05, 4.69) is 21.0 Å². The molecule has 96 valence electrons. The van der Waals surface area contributed by atoms with Crippen molar-refractivity contribution in [3.8, 4) is 11.3 Å². The Bertz CT molecular complexity index is 565. The van der Waals surface area contributed by atoms with Crippen molar-refractivity contribution in [3.63, 3.8) is 0 Å². The van der Waals surface area contributed by atoms with Crippen molar-refractivity contribution in [1.82, 2.24) is 9.78 Å². The van der Waals surface area contributed by atoms with Crippen molar-refractivity contribution >= 4 is 21.7 Å². The first-order valence-electron chi connectivity index (χ1n) is 5.58. The van der Waals surface area contributed by atoms with E-state index in [0.29, 0.717) is 11.4 Å². The standard InChI is InChI=1S/C13H15BrFN3/c1-13(2,15)9-5-4-8(6-10(9)14)11-7-12(16)18(3)17-11/h4-7H,16H2,1-3H3. The molecule has 0 bridgehead atoms. The zero-order valence-corrected chi connectivity index (χ0v) is 12.1. The summed E-state index contributed by atoms with van der Waals surface area (Å²) in [6, 6.07) is 7.27. The average Bonchev–Trinajstić information content (AvgIpc) is 2.57. The van der Waals surface area contributed by atoms with Crippen LogP contribution in [0.3, 0.4) is 0 Å². The van der Waals surface area contributed by atoms with Gasteiger partial charge in [-0.05, 0) is 19.9 Å². The van der Waals surface area contributed by atoms with Gasteiger partial charge in [-0.3, -0.25) is 4.68 Å². The van der Waals surface area contributed by atoms with E-state index in [1.165, 1.54) is 13.8 Å². The van der Waals surface area contributed by atoms with Crippen LogP contribution in [-0.2, 0) is 12.7 Å². The van der Waals surface area contributed by atoms with Gasteiger partial charge in [0.2, 0.25) is 0 Å². The van der Waals surface area contributed by atoms with Crippen molar-refractivity contribution in [3.05, 3.63) is 34.3 Å². The lowest BCUT2D eigenvalue weighted by molar-refractivity contribution is 0.220. The van der Waals surface area contributed by atoms with Gasteiger partial charge in [0.15, 0.2) is 0 Å². The molecule has 0 fully saturated rings. The Morgan fingerprint density at radius 3 is 2.44 bits per heavy atom. The molecule has 0 radical (unpaired) electrons. The van der Waals surface area contributed by atoms with Crippen LogP contribution in [0.25, 0.3) is 11.3 Å². The summed E-state index contributed by atoms with van der Waals surface area (Å²) in [5.74, 6) is 0.594. The Morgan fingerprint density at radius 1 is 1.33 bits per heavy atom. The third kappa shape index (κ3) is 2.41. The van der Waals surface area contributed by atoms with Gasteiger partial charge in [-0.25, -0.2) is 4.39 Å². The first-order valence-corrected chi connectivity index (χ1v) is 6.37. The quantitative estimate of drug-likeness (QED) is 0.920. The zero-order chi connectivity index (χ0) is 13.5. The molecule has 0 aliphatic heterocycles. The van der Waals surface area contributed by atoms with Crippen molar-refractivity contribution in [2.75, 3.05) is 5.73 Å². The lowest BCUT2D eigenvalue weighted by Crippen LogP contribution is -2.09. The Balaban J connectivity index is 2.46. The first kappa shape index (κ1) is 13.1. The van der Waals surface area contributed by atoms with Crippen LogP contribution in [0, 0.1) is 0 Å². The Morgan fingerprint density at radius 2 is 2.00 bits per heavy atom. The van der Waals surface area contributed by atoms with Crippen LogP contribution in [0.15, 0.2) is 28.7 Å². The van der Waals surface area contributed by atoms with Crippen molar-refractivity contribution in [2.45, 2.75) is 19.5 Å². The van der Waals surface area contributed by atoms with E-state index in [-0.39, 0.29) is 0 Å². The topological polar surface area (TPSA) is 43.8 Å². The molecule has 0 aliphatic carbocycles. The molecular formula is C13H15BrFN3. The predicted molar refractivity (Wildman–Crippen MR) is 74.9 cm³/mol. The van der Waals surface area contributed by atoms with Gasteiger partial charge in [0.25, 0.3) is 0 Å². The number of aryl methyl sites for hydroxylation is 1. The van der Waals surface area contributed by atoms with Gasteiger partial charge >= 0.3 is 0 Å². The summed E-state index contributed by atoms with van der Waals surface area (Å²) >= 11 is 3.40. The zero-order valence-electron chi connectivity index (χ0n) is 10.5. The number of anilines is 1. The average molecular weight is 312 g/mol. The SMILES string of the molecule is Cn1nc(-c2ccc(C(C)(C)F)c(Br)c2)cc1N. The van der Waals surface area contributed by atoms with Gasteiger partial charge in [-0.2, -0.15) is 5.10 Å². The van der Waals surface area contributed by atoms with Crippen molar-refractivity contribution in [2.24, 2.45) is 7.05 Å². The highest BCUT2D eigenvalue weighted by Crippen LogP contribution is 2.34. The second-order valence-corrected chi connectivity index (χ2v) is 5.60. The number of rotatable bonds is 2. The van der Waals surface area contributed by atoms with Gasteiger partial charge in [0, 0.05) is 28.7 Å². The maximum Gasteiger partial charge on any atom is 0.131 e. The third-order valence-electron chi connectivity index (χ3n) is 2.82. The maximum absolute atomic E-state index is 13.9. The third-order valence-corrected chi connectivity index (χ3v) is 3.48. The molecule has 5 heteroatoms. The normalized spacial score (nSPS) is 11.8. The lowest BCUT2D eigenvalue weighted by atomic mass is 9.98. The number of halogens is 2. The number of benzene rings is 1. The molecule has 2 N–H and O–H groups in total. The van der Waals surface area contributed by atoms with Crippen LogP contribution in [0.5, 0.6) is 0 Å². The molecule has 0 atom stereocenters. The maximum atomic E-state index is 13.9. The molecule has 3 nitrogen and oxygen atoms in total. The highest BCUT2D eigenvalue weighted by atomic mass is 79.9. The summed E-state index contributed by atoms with van der Waals surface area (Å²) in [7, 11) is 1.78. The molecular weight excluding hydrogens is 297 g/mol. The van der Waals surface area contributed by atoms with Gasteiger partial charge in [0.05, 0.1) is 5.69 Å². The lowest BCUT2D eigenvalue weighted by Gasteiger charge is -2.17. The summed E-state index contributed by atoms with van der Waals surface area (Å²) in [4.78, 5) is 0. The second-order valence-electron chi connectivity index (χ2n) is 4.75. The molecule has 2 aromatic rings. The Kier molecular flexibility index (Phi) is 3.19. The summed E-state index contributed by atoms with van der Waals surface area (Å²) in [6.45, 7) is 3.07. The Labute approximate surface area is 114 Å². The highest BCUT2D eigenvalue weighted by Gasteiger charge is 2.22. The predicted octanol–water partition coefficient (Wildman–Crippen LogP) is 3.64. The van der Waals surface area contributed by atoms with E-state index in [1.54, 1.807) is 23.9 Å². The van der Waals surface area contributed by atoms with Gasteiger partial charge in [0.1, 0.15) is 11.5 Å². The minimum Gasteiger partial charge on any atom is -0.384 e. The van der Waals surface area contributed by atoms with Crippen LogP contribution in [-0.4, -0.2) is 9.78 Å². The van der Waals surface area contributed by atoms with E-state index in [1.807, 2.05) is 12.1 Å². The molecule has 1 aromatic heterocycles.